The van der Waals surface area contributed by atoms with Crippen molar-refractivity contribution in [1.29, 1.82) is 0 Å². The van der Waals surface area contributed by atoms with E-state index in [4.69, 9.17) is 0 Å². The molecule has 0 amide bonds. The molecule has 0 bridgehead atoms. The molecule has 0 saturated carbocycles. The third-order valence-electron chi connectivity index (χ3n) is 3.86. The molecule has 1 aromatic carbocycles. The highest BCUT2D eigenvalue weighted by Crippen LogP contribution is 2.26. The van der Waals surface area contributed by atoms with Gasteiger partial charge in [-0.05, 0) is 31.5 Å². The minimum absolute atomic E-state index is 0.594. The number of halogens is 2. The summed E-state index contributed by atoms with van der Waals surface area (Å²) in [5.41, 5.74) is 0.801. The summed E-state index contributed by atoms with van der Waals surface area (Å²) in [4.78, 5) is 4.66. The van der Waals surface area contributed by atoms with Crippen LogP contribution in [0.1, 0.15) is 12.8 Å². The molecule has 4 heteroatoms. The minimum Gasteiger partial charge on any atom is -0.369 e. The van der Waals surface area contributed by atoms with E-state index in [2.05, 4.69) is 9.80 Å². The van der Waals surface area contributed by atoms with Gasteiger partial charge in [-0.3, -0.25) is 4.90 Å². The summed E-state index contributed by atoms with van der Waals surface area (Å²) < 4.78 is 26.1. The molecule has 2 nitrogen and oxygen atoms in total. The van der Waals surface area contributed by atoms with Crippen molar-refractivity contribution in [3.8, 4) is 0 Å². The summed E-state index contributed by atoms with van der Waals surface area (Å²) in [5.74, 6) is -1.52. The third-order valence-corrected chi connectivity index (χ3v) is 3.86. The number of nitrogens with zero attached hydrogens (tertiary/aromatic N) is 2. The SMILES string of the molecule is Fc1ccc(N2CCN3CCCC3C2)cc1F. The first-order chi connectivity index (χ1) is 8.24. The summed E-state index contributed by atoms with van der Waals surface area (Å²) in [7, 11) is 0. The predicted octanol–water partition coefficient (Wildman–Crippen LogP) is 2.25. The van der Waals surface area contributed by atoms with Gasteiger partial charge in [0.2, 0.25) is 0 Å². The Hall–Kier alpha value is -1.16. The van der Waals surface area contributed by atoms with Crippen LogP contribution in [0.25, 0.3) is 0 Å². The van der Waals surface area contributed by atoms with Crippen LogP contribution in [-0.4, -0.2) is 37.1 Å². The monoisotopic (exact) mass is 238 g/mol. The average molecular weight is 238 g/mol. The van der Waals surface area contributed by atoms with Crippen molar-refractivity contribution in [2.75, 3.05) is 31.1 Å². The summed E-state index contributed by atoms with van der Waals surface area (Å²) in [5, 5.41) is 0. The molecule has 2 heterocycles. The van der Waals surface area contributed by atoms with Crippen LogP contribution in [-0.2, 0) is 0 Å². The van der Waals surface area contributed by atoms with Crippen molar-refractivity contribution in [1.82, 2.24) is 4.90 Å². The van der Waals surface area contributed by atoms with Gasteiger partial charge in [-0.1, -0.05) is 0 Å². The van der Waals surface area contributed by atoms with Gasteiger partial charge in [-0.15, -0.1) is 0 Å². The van der Waals surface area contributed by atoms with Crippen molar-refractivity contribution in [2.45, 2.75) is 18.9 Å². The van der Waals surface area contributed by atoms with Gasteiger partial charge in [0.05, 0.1) is 0 Å². The number of piperazine rings is 1. The maximum absolute atomic E-state index is 13.2. The van der Waals surface area contributed by atoms with Crippen LogP contribution in [0.2, 0.25) is 0 Å². The minimum atomic E-state index is -0.770. The number of hydrogen-bond donors (Lipinski definition) is 0. The zero-order valence-corrected chi connectivity index (χ0v) is 9.70. The number of benzene rings is 1. The fourth-order valence-electron chi connectivity index (χ4n) is 2.91. The maximum atomic E-state index is 13.2. The van der Waals surface area contributed by atoms with Gasteiger partial charge >= 0.3 is 0 Å². The standard InChI is InChI=1S/C13H16F2N2/c14-12-4-3-10(8-13(12)15)17-7-6-16-5-1-2-11(16)9-17/h3-4,8,11H,1-2,5-7,9H2. The second kappa shape index (κ2) is 4.26. The van der Waals surface area contributed by atoms with E-state index in [1.807, 2.05) is 0 Å². The smallest absolute Gasteiger partial charge is 0.160 e. The van der Waals surface area contributed by atoms with E-state index in [0.29, 0.717) is 6.04 Å². The largest absolute Gasteiger partial charge is 0.369 e. The zero-order valence-electron chi connectivity index (χ0n) is 9.70. The molecule has 1 aromatic rings. The molecule has 0 radical (unpaired) electrons. The molecule has 2 aliphatic rings. The molecule has 0 aliphatic carbocycles. The fraction of sp³-hybridized carbons (Fsp3) is 0.538. The van der Waals surface area contributed by atoms with Crippen LogP contribution in [0, 0.1) is 11.6 Å². The molecular formula is C13H16F2N2. The molecule has 0 aromatic heterocycles. The van der Waals surface area contributed by atoms with Gasteiger partial charge in [0.25, 0.3) is 0 Å². The van der Waals surface area contributed by atoms with Crippen LogP contribution in [0.5, 0.6) is 0 Å². The number of fused-ring (bicyclic) bond motifs is 1. The van der Waals surface area contributed by atoms with Crippen molar-refractivity contribution in [2.24, 2.45) is 0 Å². The lowest BCUT2D eigenvalue weighted by atomic mass is 10.1. The molecular weight excluding hydrogens is 222 g/mol. The Bertz CT molecular complexity index is 422. The average Bonchev–Trinajstić information content (AvgIpc) is 2.79. The van der Waals surface area contributed by atoms with E-state index in [1.165, 1.54) is 31.5 Å². The normalized spacial score (nSPS) is 25.1. The van der Waals surface area contributed by atoms with Crippen LogP contribution in [0.3, 0.4) is 0 Å². The van der Waals surface area contributed by atoms with Crippen LogP contribution in [0.4, 0.5) is 14.5 Å². The molecule has 92 valence electrons. The molecule has 0 N–H and O–H groups in total. The summed E-state index contributed by atoms with van der Waals surface area (Å²) in [6.07, 6.45) is 2.48. The Labute approximate surface area is 99.8 Å². The summed E-state index contributed by atoms with van der Waals surface area (Å²) in [6, 6.07) is 4.78. The Morgan fingerprint density at radius 3 is 2.76 bits per heavy atom. The van der Waals surface area contributed by atoms with E-state index < -0.39 is 11.6 Å². The lowest BCUT2D eigenvalue weighted by molar-refractivity contribution is 0.231. The second-order valence-corrected chi connectivity index (χ2v) is 4.88. The summed E-state index contributed by atoms with van der Waals surface area (Å²) >= 11 is 0. The van der Waals surface area contributed by atoms with Gasteiger partial charge in [0.15, 0.2) is 11.6 Å². The van der Waals surface area contributed by atoms with E-state index >= 15 is 0 Å². The Kier molecular flexibility index (Phi) is 2.74. The molecule has 1 atom stereocenters. The quantitative estimate of drug-likeness (QED) is 0.740. The molecule has 2 fully saturated rings. The van der Waals surface area contributed by atoms with Gasteiger partial charge in [-0.2, -0.15) is 0 Å². The highest BCUT2D eigenvalue weighted by molar-refractivity contribution is 5.47. The van der Waals surface area contributed by atoms with Gasteiger partial charge in [0, 0.05) is 37.4 Å². The van der Waals surface area contributed by atoms with Crippen molar-refractivity contribution >= 4 is 5.69 Å². The first-order valence-corrected chi connectivity index (χ1v) is 6.18. The molecule has 1 unspecified atom stereocenters. The zero-order chi connectivity index (χ0) is 11.8. The summed E-state index contributed by atoms with van der Waals surface area (Å²) in [6.45, 7) is 4.06. The lowest BCUT2D eigenvalue weighted by Gasteiger charge is -2.38. The molecule has 3 rings (SSSR count). The Balaban J connectivity index is 1.78. The predicted molar refractivity (Wildman–Crippen MR) is 63.2 cm³/mol. The van der Waals surface area contributed by atoms with E-state index in [-0.39, 0.29) is 0 Å². The first-order valence-electron chi connectivity index (χ1n) is 6.18. The fourth-order valence-corrected chi connectivity index (χ4v) is 2.91. The highest BCUT2D eigenvalue weighted by atomic mass is 19.2. The van der Waals surface area contributed by atoms with Crippen LogP contribution in [0.15, 0.2) is 18.2 Å². The lowest BCUT2D eigenvalue weighted by Crippen LogP contribution is -2.50. The topological polar surface area (TPSA) is 6.48 Å². The number of rotatable bonds is 1. The van der Waals surface area contributed by atoms with Crippen molar-refractivity contribution < 1.29 is 8.78 Å². The third kappa shape index (κ3) is 2.02. The molecule has 17 heavy (non-hydrogen) atoms. The van der Waals surface area contributed by atoms with Gasteiger partial charge in [0.1, 0.15) is 0 Å². The van der Waals surface area contributed by atoms with Crippen LogP contribution >= 0.6 is 0 Å². The first kappa shape index (κ1) is 11.0. The maximum Gasteiger partial charge on any atom is 0.160 e. The highest BCUT2D eigenvalue weighted by Gasteiger charge is 2.30. The molecule has 0 spiro atoms. The van der Waals surface area contributed by atoms with E-state index in [1.54, 1.807) is 6.07 Å². The number of anilines is 1. The van der Waals surface area contributed by atoms with Gasteiger partial charge < -0.3 is 4.90 Å². The van der Waals surface area contributed by atoms with E-state index in [0.717, 1.165) is 25.3 Å². The van der Waals surface area contributed by atoms with Crippen molar-refractivity contribution in [3.05, 3.63) is 29.8 Å². The van der Waals surface area contributed by atoms with Crippen molar-refractivity contribution in [3.63, 3.8) is 0 Å². The number of hydrogen-bond acceptors (Lipinski definition) is 2. The Morgan fingerprint density at radius 2 is 1.94 bits per heavy atom. The van der Waals surface area contributed by atoms with Crippen LogP contribution < -0.4 is 4.90 Å². The second-order valence-electron chi connectivity index (χ2n) is 4.88. The Morgan fingerprint density at radius 1 is 1.06 bits per heavy atom. The molecule has 2 saturated heterocycles. The molecule has 2 aliphatic heterocycles. The van der Waals surface area contributed by atoms with E-state index in [9.17, 15) is 8.78 Å². The van der Waals surface area contributed by atoms with Gasteiger partial charge in [-0.25, -0.2) is 8.78 Å².